The summed E-state index contributed by atoms with van der Waals surface area (Å²) in [5.74, 6) is -0.587. The molecule has 0 fully saturated rings. The topological polar surface area (TPSA) is 72.8 Å². The minimum Gasteiger partial charge on any atom is -0.462 e. The van der Waals surface area contributed by atoms with Gasteiger partial charge in [-0.15, -0.1) is 0 Å². The van der Waals surface area contributed by atoms with Gasteiger partial charge in [-0.3, -0.25) is 9.59 Å². The summed E-state index contributed by atoms with van der Waals surface area (Å²) in [4.78, 5) is 24.6. The van der Waals surface area contributed by atoms with E-state index in [1.54, 1.807) is 0 Å². The number of hydrogen-bond donors (Lipinski definition) is 1. The number of carbonyl (C=O) groups is 2. The highest BCUT2D eigenvalue weighted by atomic mass is 16.6. The van der Waals surface area contributed by atoms with Crippen molar-refractivity contribution in [1.82, 2.24) is 0 Å². The molecule has 0 aromatic rings. The number of hydrogen-bond acceptors (Lipinski definition) is 5. The standard InChI is InChI=1S/C69H122O5/c1-3-5-7-9-11-13-15-17-19-21-23-25-27-29-31-33-34-36-38-40-42-44-46-48-50-52-54-56-58-60-62-64-69(72)74-67(65-70)66-73-68(71)63-61-59-57-55-53-51-49-47-45-43-41-39-37-35-32-30-28-26-24-22-20-18-16-14-12-10-8-6-4-2/h5,7,11,13,17,19,23,25,29,31,34,36,40,42,67,70H,3-4,6,8-10,12,14-16,18,20-22,24,26-28,30,32-33,35,37-39,41,43-66H2,1-2H3/b7-5-,13-11-,19-17-,25-23-,31-29-,36-34-,42-40-. The van der Waals surface area contributed by atoms with Crippen LogP contribution in [0.2, 0.25) is 0 Å². The van der Waals surface area contributed by atoms with Crippen molar-refractivity contribution < 1.29 is 24.2 Å². The van der Waals surface area contributed by atoms with Gasteiger partial charge in [-0.2, -0.15) is 0 Å². The zero-order valence-corrected chi connectivity index (χ0v) is 49.1. The summed E-state index contributed by atoms with van der Waals surface area (Å²) in [6.45, 7) is 4.06. The Kier molecular flexibility index (Phi) is 61.8. The van der Waals surface area contributed by atoms with Gasteiger partial charge in [0, 0.05) is 12.8 Å². The molecule has 1 atom stereocenters. The van der Waals surface area contributed by atoms with Gasteiger partial charge in [0.1, 0.15) is 6.61 Å². The summed E-state index contributed by atoms with van der Waals surface area (Å²) in [6, 6.07) is 0. The van der Waals surface area contributed by atoms with Crippen molar-refractivity contribution in [2.24, 2.45) is 0 Å². The molecule has 0 aliphatic heterocycles. The van der Waals surface area contributed by atoms with Crippen molar-refractivity contribution in [2.45, 2.75) is 328 Å². The van der Waals surface area contributed by atoms with Gasteiger partial charge in [-0.05, 0) is 70.6 Å². The highest BCUT2D eigenvalue weighted by Crippen LogP contribution is 2.18. The summed E-state index contributed by atoms with van der Waals surface area (Å²) in [6.07, 6.45) is 90.2. The van der Waals surface area contributed by atoms with E-state index >= 15 is 0 Å². The fourth-order valence-corrected chi connectivity index (χ4v) is 9.42. The van der Waals surface area contributed by atoms with Gasteiger partial charge in [0.2, 0.25) is 0 Å². The number of aliphatic hydroxyl groups excluding tert-OH is 1. The van der Waals surface area contributed by atoms with Crippen LogP contribution in [0.25, 0.3) is 0 Å². The second-order valence-corrected chi connectivity index (χ2v) is 21.5. The Balaban J connectivity index is 3.48. The molecule has 0 aliphatic carbocycles. The highest BCUT2D eigenvalue weighted by molar-refractivity contribution is 5.70. The zero-order valence-electron chi connectivity index (χ0n) is 49.1. The normalized spacial score (nSPS) is 12.7. The van der Waals surface area contributed by atoms with Gasteiger partial charge in [-0.1, -0.05) is 324 Å². The number of aliphatic hydroxyl groups is 1. The minimum atomic E-state index is -0.780. The third-order valence-corrected chi connectivity index (χ3v) is 14.2. The second kappa shape index (κ2) is 64.4. The van der Waals surface area contributed by atoms with Crippen LogP contribution < -0.4 is 0 Å². The number of rotatable bonds is 59. The Labute approximate surface area is 460 Å². The summed E-state index contributed by atoms with van der Waals surface area (Å²) >= 11 is 0. The Morgan fingerprint density at radius 1 is 0.324 bits per heavy atom. The van der Waals surface area contributed by atoms with E-state index in [9.17, 15) is 14.7 Å². The molecule has 0 aromatic carbocycles. The van der Waals surface area contributed by atoms with E-state index < -0.39 is 6.10 Å². The fourth-order valence-electron chi connectivity index (χ4n) is 9.42. The summed E-state index contributed by atoms with van der Waals surface area (Å²) < 4.78 is 10.7. The van der Waals surface area contributed by atoms with Gasteiger partial charge in [-0.25, -0.2) is 0 Å². The molecule has 0 radical (unpaired) electrons. The molecule has 5 nitrogen and oxygen atoms in total. The van der Waals surface area contributed by atoms with Crippen molar-refractivity contribution >= 4 is 11.9 Å². The molecule has 1 unspecified atom stereocenters. The third kappa shape index (κ3) is 61.6. The maximum Gasteiger partial charge on any atom is 0.306 e. The Morgan fingerprint density at radius 3 is 0.878 bits per heavy atom. The quantitative estimate of drug-likeness (QED) is 0.0373. The average molecular weight is 1030 g/mol. The summed E-state index contributed by atoms with van der Waals surface area (Å²) in [7, 11) is 0. The lowest BCUT2D eigenvalue weighted by Gasteiger charge is -2.15. The lowest BCUT2D eigenvalue weighted by Crippen LogP contribution is -2.28. The molecule has 74 heavy (non-hydrogen) atoms. The van der Waals surface area contributed by atoms with Crippen molar-refractivity contribution in [2.75, 3.05) is 13.2 Å². The number of unbranched alkanes of at least 4 members (excludes halogenated alkanes) is 37. The van der Waals surface area contributed by atoms with E-state index in [0.29, 0.717) is 12.8 Å². The van der Waals surface area contributed by atoms with Gasteiger partial charge in [0.05, 0.1) is 6.61 Å². The number of ether oxygens (including phenoxy) is 2. The highest BCUT2D eigenvalue weighted by Gasteiger charge is 2.16. The number of esters is 2. The van der Waals surface area contributed by atoms with Crippen LogP contribution in [0.15, 0.2) is 85.1 Å². The first-order valence-corrected chi connectivity index (χ1v) is 32.1. The first-order valence-electron chi connectivity index (χ1n) is 32.1. The minimum absolute atomic E-state index is 0.0682. The van der Waals surface area contributed by atoms with E-state index in [4.69, 9.17) is 9.47 Å². The molecule has 0 saturated carbocycles. The molecular weight excluding hydrogens is 909 g/mol. The summed E-state index contributed by atoms with van der Waals surface area (Å²) in [5.41, 5.74) is 0. The lowest BCUT2D eigenvalue weighted by atomic mass is 10.0. The zero-order chi connectivity index (χ0) is 53.4. The van der Waals surface area contributed by atoms with E-state index in [2.05, 4.69) is 98.9 Å². The molecule has 0 aromatic heterocycles. The SMILES string of the molecule is CC/C=C\C/C=C\C/C=C\C/C=C\C/C=C\C/C=C\C/C=C\CCCCCCCCCCCC(=O)OC(CO)COC(=O)CCCCCCCCCCCCCCCCCCCCCCCCCCCCCCC. The molecule has 0 saturated heterocycles. The monoisotopic (exact) mass is 1030 g/mol. The molecular formula is C69H122O5. The predicted octanol–water partition coefficient (Wildman–Crippen LogP) is 22.1. The maximum atomic E-state index is 12.3. The average Bonchev–Trinajstić information content (AvgIpc) is 3.40. The van der Waals surface area contributed by atoms with Crippen LogP contribution in [0.1, 0.15) is 322 Å². The summed E-state index contributed by atoms with van der Waals surface area (Å²) in [5, 5.41) is 9.68. The van der Waals surface area contributed by atoms with E-state index in [1.807, 2.05) is 0 Å². The van der Waals surface area contributed by atoms with Crippen LogP contribution in [-0.2, 0) is 19.1 Å². The van der Waals surface area contributed by atoms with Crippen LogP contribution in [0.4, 0.5) is 0 Å². The smallest absolute Gasteiger partial charge is 0.306 e. The molecule has 0 aliphatic rings. The molecule has 0 heterocycles. The number of allylic oxidation sites excluding steroid dienone is 14. The van der Waals surface area contributed by atoms with Crippen LogP contribution in [-0.4, -0.2) is 36.4 Å². The third-order valence-electron chi connectivity index (χ3n) is 14.2. The molecule has 1 N–H and O–H groups in total. The van der Waals surface area contributed by atoms with Crippen molar-refractivity contribution in [3.05, 3.63) is 85.1 Å². The van der Waals surface area contributed by atoms with E-state index in [1.165, 1.54) is 205 Å². The van der Waals surface area contributed by atoms with Crippen LogP contribution in [0, 0.1) is 0 Å². The van der Waals surface area contributed by atoms with Gasteiger partial charge < -0.3 is 14.6 Å². The van der Waals surface area contributed by atoms with E-state index in [-0.39, 0.29) is 25.2 Å². The molecule has 0 bridgehead atoms. The first kappa shape index (κ1) is 71.1. The molecule has 0 rings (SSSR count). The van der Waals surface area contributed by atoms with Gasteiger partial charge in [0.15, 0.2) is 6.10 Å². The van der Waals surface area contributed by atoms with Gasteiger partial charge >= 0.3 is 11.9 Å². The fraction of sp³-hybridized carbons (Fsp3) is 0.768. The Morgan fingerprint density at radius 2 is 0.581 bits per heavy atom. The Hall–Kier alpha value is -2.92. The lowest BCUT2D eigenvalue weighted by molar-refractivity contribution is -0.161. The second-order valence-electron chi connectivity index (χ2n) is 21.5. The molecule has 0 amide bonds. The van der Waals surface area contributed by atoms with Crippen molar-refractivity contribution in [3.63, 3.8) is 0 Å². The van der Waals surface area contributed by atoms with Crippen molar-refractivity contribution in [3.8, 4) is 0 Å². The van der Waals surface area contributed by atoms with Crippen LogP contribution >= 0.6 is 0 Å². The van der Waals surface area contributed by atoms with Crippen LogP contribution in [0.5, 0.6) is 0 Å². The van der Waals surface area contributed by atoms with Gasteiger partial charge in [0.25, 0.3) is 0 Å². The predicted molar refractivity (Wildman–Crippen MR) is 325 cm³/mol. The molecule has 0 spiro atoms. The largest absolute Gasteiger partial charge is 0.462 e. The Bertz CT molecular complexity index is 1350. The van der Waals surface area contributed by atoms with E-state index in [0.717, 1.165) is 89.9 Å². The maximum absolute atomic E-state index is 12.3. The molecule has 428 valence electrons. The first-order chi connectivity index (χ1) is 36.6. The molecule has 5 heteroatoms. The van der Waals surface area contributed by atoms with Crippen LogP contribution in [0.3, 0.4) is 0 Å². The number of carbonyl (C=O) groups excluding carboxylic acids is 2. The van der Waals surface area contributed by atoms with Crippen molar-refractivity contribution in [1.29, 1.82) is 0 Å².